The Morgan fingerprint density at radius 2 is 2.08 bits per heavy atom. The SMILES string of the molecule is CN1CCc2ccc(NC(=O)N3CC[C@H](CN4CCOCC4)C3)cc21. The van der Waals surface area contributed by atoms with Crippen LogP contribution in [0.2, 0.25) is 0 Å². The molecule has 0 unspecified atom stereocenters. The normalized spacial score (nSPS) is 23.8. The molecule has 1 aromatic carbocycles. The number of benzene rings is 1. The Kier molecular flexibility index (Phi) is 4.81. The second kappa shape index (κ2) is 7.22. The summed E-state index contributed by atoms with van der Waals surface area (Å²) in [6.07, 6.45) is 2.19. The maximum Gasteiger partial charge on any atom is 0.321 e. The van der Waals surface area contributed by atoms with Gasteiger partial charge in [0.05, 0.1) is 13.2 Å². The third-order valence-corrected chi connectivity index (χ3v) is 5.66. The van der Waals surface area contributed by atoms with E-state index in [0.717, 1.165) is 71.0 Å². The van der Waals surface area contributed by atoms with Crippen molar-refractivity contribution in [2.45, 2.75) is 12.8 Å². The van der Waals surface area contributed by atoms with Crippen molar-refractivity contribution in [2.24, 2.45) is 5.92 Å². The lowest BCUT2D eigenvalue weighted by Crippen LogP contribution is -2.40. The average molecular weight is 344 g/mol. The van der Waals surface area contributed by atoms with Crippen LogP contribution in [0.3, 0.4) is 0 Å². The van der Waals surface area contributed by atoms with Crippen LogP contribution >= 0.6 is 0 Å². The molecular weight excluding hydrogens is 316 g/mol. The van der Waals surface area contributed by atoms with Crippen molar-refractivity contribution in [3.63, 3.8) is 0 Å². The molecule has 0 spiro atoms. The first-order valence-electron chi connectivity index (χ1n) is 9.39. The first-order valence-corrected chi connectivity index (χ1v) is 9.39. The molecule has 4 rings (SSSR count). The van der Waals surface area contributed by atoms with E-state index in [0.29, 0.717) is 5.92 Å². The first kappa shape index (κ1) is 16.7. The summed E-state index contributed by atoms with van der Waals surface area (Å²) in [7, 11) is 2.11. The minimum absolute atomic E-state index is 0.0325. The van der Waals surface area contributed by atoms with Crippen molar-refractivity contribution < 1.29 is 9.53 Å². The van der Waals surface area contributed by atoms with E-state index in [1.165, 1.54) is 11.3 Å². The van der Waals surface area contributed by atoms with Gasteiger partial charge in [0.1, 0.15) is 0 Å². The highest BCUT2D eigenvalue weighted by molar-refractivity contribution is 5.90. The molecule has 2 fully saturated rings. The van der Waals surface area contributed by atoms with Crippen molar-refractivity contribution in [2.75, 3.05) is 69.7 Å². The number of nitrogens with one attached hydrogen (secondary N) is 1. The first-order chi connectivity index (χ1) is 12.2. The second-order valence-electron chi connectivity index (χ2n) is 7.46. The Labute approximate surface area is 149 Å². The van der Waals surface area contributed by atoms with Gasteiger partial charge in [-0.25, -0.2) is 4.79 Å². The highest BCUT2D eigenvalue weighted by atomic mass is 16.5. The number of urea groups is 1. The molecule has 0 bridgehead atoms. The van der Waals surface area contributed by atoms with Crippen LogP contribution < -0.4 is 10.2 Å². The summed E-state index contributed by atoms with van der Waals surface area (Å²) < 4.78 is 5.41. The predicted octanol–water partition coefficient (Wildman–Crippen LogP) is 1.86. The maximum absolute atomic E-state index is 12.6. The zero-order valence-electron chi connectivity index (χ0n) is 15.0. The number of likely N-dealkylation sites (N-methyl/N-ethyl adjacent to an activating group) is 1. The highest BCUT2D eigenvalue weighted by Gasteiger charge is 2.28. The minimum Gasteiger partial charge on any atom is -0.379 e. The lowest BCUT2D eigenvalue weighted by Gasteiger charge is -2.29. The Balaban J connectivity index is 1.31. The third-order valence-electron chi connectivity index (χ3n) is 5.66. The number of ether oxygens (including phenoxy) is 1. The Bertz CT molecular complexity index is 630. The van der Waals surface area contributed by atoms with Gasteiger partial charge in [0.25, 0.3) is 0 Å². The van der Waals surface area contributed by atoms with Crippen LogP contribution in [0.4, 0.5) is 16.2 Å². The molecule has 0 radical (unpaired) electrons. The number of amides is 2. The number of fused-ring (bicyclic) bond motifs is 1. The van der Waals surface area contributed by atoms with Crippen LogP contribution in [0, 0.1) is 5.92 Å². The van der Waals surface area contributed by atoms with Crippen LogP contribution in [0.15, 0.2) is 18.2 Å². The van der Waals surface area contributed by atoms with Crippen molar-refractivity contribution in [3.05, 3.63) is 23.8 Å². The second-order valence-corrected chi connectivity index (χ2v) is 7.46. The molecule has 0 aliphatic carbocycles. The molecule has 3 aliphatic rings. The van der Waals surface area contributed by atoms with E-state index in [4.69, 9.17) is 4.74 Å². The van der Waals surface area contributed by atoms with E-state index in [1.807, 2.05) is 11.0 Å². The number of anilines is 2. The van der Waals surface area contributed by atoms with Crippen LogP contribution in [-0.4, -0.2) is 75.4 Å². The molecule has 0 saturated carbocycles. The molecule has 6 heteroatoms. The van der Waals surface area contributed by atoms with Crippen molar-refractivity contribution in [1.29, 1.82) is 0 Å². The summed E-state index contributed by atoms with van der Waals surface area (Å²) in [6, 6.07) is 6.29. The van der Waals surface area contributed by atoms with Gasteiger partial charge in [-0.15, -0.1) is 0 Å². The summed E-state index contributed by atoms with van der Waals surface area (Å²) >= 11 is 0. The van der Waals surface area contributed by atoms with E-state index in [-0.39, 0.29) is 6.03 Å². The fourth-order valence-corrected chi connectivity index (χ4v) is 4.13. The molecule has 2 amide bonds. The summed E-state index contributed by atoms with van der Waals surface area (Å²) in [6.45, 7) is 7.56. The number of hydrogen-bond acceptors (Lipinski definition) is 4. The molecule has 1 aromatic rings. The molecule has 0 aromatic heterocycles. The maximum atomic E-state index is 12.6. The quantitative estimate of drug-likeness (QED) is 0.909. The van der Waals surface area contributed by atoms with E-state index < -0.39 is 0 Å². The van der Waals surface area contributed by atoms with E-state index in [1.54, 1.807) is 0 Å². The van der Waals surface area contributed by atoms with Gasteiger partial charge in [0.2, 0.25) is 0 Å². The number of morpholine rings is 1. The van der Waals surface area contributed by atoms with Gasteiger partial charge < -0.3 is 19.9 Å². The van der Waals surface area contributed by atoms with Gasteiger partial charge in [-0.05, 0) is 36.5 Å². The fourth-order valence-electron chi connectivity index (χ4n) is 4.13. The smallest absolute Gasteiger partial charge is 0.321 e. The summed E-state index contributed by atoms with van der Waals surface area (Å²) in [5, 5.41) is 3.09. The van der Waals surface area contributed by atoms with Crippen LogP contribution in [0.25, 0.3) is 0 Å². The zero-order valence-corrected chi connectivity index (χ0v) is 15.0. The zero-order chi connectivity index (χ0) is 17.2. The molecule has 136 valence electrons. The Morgan fingerprint density at radius 3 is 2.92 bits per heavy atom. The molecule has 25 heavy (non-hydrogen) atoms. The van der Waals surface area contributed by atoms with Crippen LogP contribution in [-0.2, 0) is 11.2 Å². The van der Waals surface area contributed by atoms with Gasteiger partial charge in [-0.1, -0.05) is 6.07 Å². The lowest BCUT2D eigenvalue weighted by molar-refractivity contribution is 0.0314. The van der Waals surface area contributed by atoms with Crippen molar-refractivity contribution >= 4 is 17.4 Å². The Morgan fingerprint density at radius 1 is 1.24 bits per heavy atom. The van der Waals surface area contributed by atoms with E-state index in [2.05, 4.69) is 34.3 Å². The monoisotopic (exact) mass is 344 g/mol. The lowest BCUT2D eigenvalue weighted by atomic mass is 10.1. The minimum atomic E-state index is 0.0325. The van der Waals surface area contributed by atoms with E-state index in [9.17, 15) is 4.79 Å². The number of rotatable bonds is 3. The summed E-state index contributed by atoms with van der Waals surface area (Å²) in [5.74, 6) is 0.579. The van der Waals surface area contributed by atoms with Crippen molar-refractivity contribution in [1.82, 2.24) is 9.80 Å². The number of carbonyl (C=O) groups is 1. The fraction of sp³-hybridized carbons (Fsp3) is 0.632. The standard InChI is InChI=1S/C19H28N4O2/c1-21-6-5-16-2-3-17(12-18(16)21)20-19(24)23-7-4-15(14-23)13-22-8-10-25-11-9-22/h2-3,12,15H,4-11,13-14H2,1H3,(H,20,24)/t15-/m1/s1. The molecule has 1 atom stereocenters. The van der Waals surface area contributed by atoms with Gasteiger partial charge in [0, 0.05) is 57.7 Å². The van der Waals surface area contributed by atoms with Gasteiger partial charge >= 0.3 is 6.03 Å². The van der Waals surface area contributed by atoms with Crippen LogP contribution in [0.1, 0.15) is 12.0 Å². The van der Waals surface area contributed by atoms with Gasteiger partial charge in [-0.2, -0.15) is 0 Å². The molecule has 6 nitrogen and oxygen atoms in total. The number of likely N-dealkylation sites (tertiary alicyclic amines) is 1. The molecule has 1 N–H and O–H groups in total. The molecular formula is C19H28N4O2. The molecule has 3 heterocycles. The highest BCUT2D eigenvalue weighted by Crippen LogP contribution is 2.30. The number of nitrogens with zero attached hydrogens (tertiary/aromatic N) is 3. The predicted molar refractivity (Wildman–Crippen MR) is 99.4 cm³/mol. The van der Waals surface area contributed by atoms with Crippen LogP contribution in [0.5, 0.6) is 0 Å². The van der Waals surface area contributed by atoms with Crippen molar-refractivity contribution in [3.8, 4) is 0 Å². The largest absolute Gasteiger partial charge is 0.379 e. The average Bonchev–Trinajstić information content (AvgIpc) is 3.23. The summed E-state index contributed by atoms with van der Waals surface area (Å²) in [4.78, 5) is 19.3. The van der Waals surface area contributed by atoms with E-state index >= 15 is 0 Å². The molecule has 2 saturated heterocycles. The van der Waals surface area contributed by atoms with Gasteiger partial charge in [-0.3, -0.25) is 4.90 Å². The molecule has 3 aliphatic heterocycles. The summed E-state index contributed by atoms with van der Waals surface area (Å²) in [5.41, 5.74) is 3.51. The number of hydrogen-bond donors (Lipinski definition) is 1. The van der Waals surface area contributed by atoms with Gasteiger partial charge in [0.15, 0.2) is 0 Å². The third kappa shape index (κ3) is 3.75. The number of carbonyl (C=O) groups excluding carboxylic acids is 1. The topological polar surface area (TPSA) is 48.1 Å². The Hall–Kier alpha value is -1.79.